The number of methoxy groups -OCH3 is 1. The van der Waals surface area contributed by atoms with Crippen molar-refractivity contribution in [2.24, 2.45) is 0 Å². The third-order valence-electron chi connectivity index (χ3n) is 3.72. The number of hydrogen-bond donors (Lipinski definition) is 0. The van der Waals surface area contributed by atoms with E-state index in [4.69, 9.17) is 9.47 Å². The first-order valence-electron chi connectivity index (χ1n) is 6.81. The molecule has 0 N–H and O–H groups in total. The first kappa shape index (κ1) is 14.3. The molecule has 1 aliphatic rings. The van der Waals surface area contributed by atoms with Crippen LogP contribution in [0.5, 0.6) is 5.75 Å². The van der Waals surface area contributed by atoms with Gasteiger partial charge in [-0.15, -0.1) is 0 Å². The van der Waals surface area contributed by atoms with E-state index in [1.165, 1.54) is 7.11 Å². The van der Waals surface area contributed by atoms with Gasteiger partial charge in [0.1, 0.15) is 0 Å². The van der Waals surface area contributed by atoms with Crippen LogP contribution >= 0.6 is 0 Å². The summed E-state index contributed by atoms with van der Waals surface area (Å²) in [5, 5.41) is 0. The number of likely N-dealkylation sites (N-methyl/N-ethyl adjacent to an activating group) is 1. The van der Waals surface area contributed by atoms with E-state index in [1.807, 2.05) is 6.07 Å². The maximum Gasteiger partial charge on any atom is 0.165 e. The zero-order valence-corrected chi connectivity index (χ0v) is 11.7. The Morgan fingerprint density at radius 1 is 1.47 bits per heavy atom. The van der Waals surface area contributed by atoms with Gasteiger partial charge in [0.25, 0.3) is 0 Å². The van der Waals surface area contributed by atoms with E-state index >= 15 is 0 Å². The predicted octanol–water partition coefficient (Wildman–Crippen LogP) is 2.49. The second kappa shape index (κ2) is 6.87. The molecule has 106 valence electrons. The fourth-order valence-electron chi connectivity index (χ4n) is 2.45. The molecule has 1 aromatic rings. The van der Waals surface area contributed by atoms with Crippen molar-refractivity contribution in [2.75, 3.05) is 33.9 Å². The van der Waals surface area contributed by atoms with E-state index in [9.17, 15) is 4.39 Å². The van der Waals surface area contributed by atoms with Crippen LogP contribution in [0.4, 0.5) is 4.39 Å². The second-order valence-electron chi connectivity index (χ2n) is 5.07. The van der Waals surface area contributed by atoms with Gasteiger partial charge in [0.2, 0.25) is 0 Å². The van der Waals surface area contributed by atoms with Crippen LogP contribution in [0.15, 0.2) is 18.2 Å². The van der Waals surface area contributed by atoms with Crippen molar-refractivity contribution in [3.63, 3.8) is 0 Å². The molecule has 1 aliphatic heterocycles. The molecular weight excluding hydrogens is 245 g/mol. The maximum atomic E-state index is 13.5. The minimum atomic E-state index is -0.280. The summed E-state index contributed by atoms with van der Waals surface area (Å²) in [6.07, 6.45) is 3.03. The van der Waals surface area contributed by atoms with Gasteiger partial charge in [-0.1, -0.05) is 6.07 Å². The van der Waals surface area contributed by atoms with Gasteiger partial charge < -0.3 is 14.4 Å². The summed E-state index contributed by atoms with van der Waals surface area (Å²) in [4.78, 5) is 2.34. The number of benzene rings is 1. The molecule has 2 rings (SSSR count). The highest BCUT2D eigenvalue weighted by Gasteiger charge is 2.19. The Balaban J connectivity index is 1.77. The molecule has 1 atom stereocenters. The zero-order valence-electron chi connectivity index (χ0n) is 11.7. The summed E-state index contributed by atoms with van der Waals surface area (Å²) < 4.78 is 23.8. The number of hydrogen-bond acceptors (Lipinski definition) is 3. The van der Waals surface area contributed by atoms with Gasteiger partial charge >= 0.3 is 0 Å². The third kappa shape index (κ3) is 3.91. The topological polar surface area (TPSA) is 21.7 Å². The van der Waals surface area contributed by atoms with Crippen molar-refractivity contribution >= 4 is 0 Å². The molecule has 0 radical (unpaired) electrons. The summed E-state index contributed by atoms with van der Waals surface area (Å²) in [7, 11) is 3.62. The lowest BCUT2D eigenvalue weighted by atomic mass is 10.1. The van der Waals surface area contributed by atoms with Gasteiger partial charge in [-0.2, -0.15) is 0 Å². The summed E-state index contributed by atoms with van der Waals surface area (Å²) in [5.41, 5.74) is 1.02. The van der Waals surface area contributed by atoms with Crippen LogP contribution in [0.3, 0.4) is 0 Å². The Morgan fingerprint density at radius 2 is 2.32 bits per heavy atom. The molecule has 0 saturated carbocycles. The highest BCUT2D eigenvalue weighted by Crippen LogP contribution is 2.19. The summed E-state index contributed by atoms with van der Waals surface area (Å²) >= 11 is 0. The van der Waals surface area contributed by atoms with E-state index in [-0.39, 0.29) is 5.82 Å². The van der Waals surface area contributed by atoms with Crippen molar-refractivity contribution in [3.05, 3.63) is 29.6 Å². The average molecular weight is 267 g/mol. The quantitative estimate of drug-likeness (QED) is 0.790. The van der Waals surface area contributed by atoms with Gasteiger partial charge in [-0.25, -0.2) is 4.39 Å². The largest absolute Gasteiger partial charge is 0.494 e. The van der Waals surface area contributed by atoms with Crippen molar-refractivity contribution in [3.8, 4) is 5.75 Å². The van der Waals surface area contributed by atoms with E-state index < -0.39 is 0 Å². The lowest BCUT2D eigenvalue weighted by Crippen LogP contribution is -2.32. The van der Waals surface area contributed by atoms with Crippen LogP contribution in [-0.2, 0) is 11.2 Å². The van der Waals surface area contributed by atoms with Gasteiger partial charge in [0.15, 0.2) is 11.6 Å². The first-order chi connectivity index (χ1) is 9.20. The van der Waals surface area contributed by atoms with E-state index in [0.29, 0.717) is 11.8 Å². The van der Waals surface area contributed by atoms with Crippen LogP contribution in [-0.4, -0.2) is 44.9 Å². The fourth-order valence-corrected chi connectivity index (χ4v) is 2.45. The number of nitrogens with zero attached hydrogens (tertiary/aromatic N) is 1. The summed E-state index contributed by atoms with van der Waals surface area (Å²) in [5.74, 6) is 0.0292. The Kier molecular flexibility index (Phi) is 5.16. The number of aryl methyl sites for hydroxylation is 1. The summed E-state index contributed by atoms with van der Waals surface area (Å²) in [6, 6.07) is 5.74. The zero-order chi connectivity index (χ0) is 13.7. The molecule has 0 spiro atoms. The number of ether oxygens (including phenoxy) is 2. The molecule has 0 aromatic heterocycles. The van der Waals surface area contributed by atoms with Gasteiger partial charge in [-0.3, -0.25) is 0 Å². The molecular formula is C15H22FNO2. The highest BCUT2D eigenvalue weighted by atomic mass is 19.1. The molecule has 1 heterocycles. The third-order valence-corrected chi connectivity index (χ3v) is 3.72. The number of rotatable bonds is 6. The van der Waals surface area contributed by atoms with E-state index in [0.717, 1.165) is 44.6 Å². The Morgan fingerprint density at radius 3 is 2.95 bits per heavy atom. The molecule has 1 saturated heterocycles. The van der Waals surface area contributed by atoms with Gasteiger partial charge in [0.05, 0.1) is 13.7 Å². The molecule has 4 heteroatoms. The van der Waals surface area contributed by atoms with Gasteiger partial charge in [-0.05, 0) is 50.6 Å². The Hall–Kier alpha value is -1.13. The van der Waals surface area contributed by atoms with Crippen molar-refractivity contribution in [1.29, 1.82) is 0 Å². The highest BCUT2D eigenvalue weighted by molar-refractivity contribution is 5.29. The lowest BCUT2D eigenvalue weighted by Gasteiger charge is -2.22. The van der Waals surface area contributed by atoms with Crippen LogP contribution < -0.4 is 4.74 Å². The predicted molar refractivity (Wildman–Crippen MR) is 73.1 cm³/mol. The molecule has 3 nitrogen and oxygen atoms in total. The standard InChI is InChI=1S/C15H22FNO2/c1-17(13-7-9-19-11-13)8-3-4-12-5-6-15(18-2)14(16)10-12/h5-6,10,13H,3-4,7-9,11H2,1-2H3. The molecule has 1 aromatic carbocycles. The number of halogens is 1. The molecule has 0 bridgehead atoms. The molecule has 1 fully saturated rings. The monoisotopic (exact) mass is 267 g/mol. The van der Waals surface area contributed by atoms with Crippen LogP contribution in [0.1, 0.15) is 18.4 Å². The Bertz CT molecular complexity index is 405. The molecule has 19 heavy (non-hydrogen) atoms. The molecule has 1 unspecified atom stereocenters. The SMILES string of the molecule is COc1ccc(CCCN(C)C2CCOC2)cc1F. The van der Waals surface area contributed by atoms with E-state index in [2.05, 4.69) is 11.9 Å². The smallest absolute Gasteiger partial charge is 0.165 e. The van der Waals surface area contributed by atoms with Crippen molar-refractivity contribution in [1.82, 2.24) is 4.90 Å². The lowest BCUT2D eigenvalue weighted by molar-refractivity contribution is 0.159. The van der Waals surface area contributed by atoms with Crippen molar-refractivity contribution in [2.45, 2.75) is 25.3 Å². The van der Waals surface area contributed by atoms with Crippen molar-refractivity contribution < 1.29 is 13.9 Å². The Labute approximate surface area is 114 Å². The maximum absolute atomic E-state index is 13.5. The molecule has 0 amide bonds. The second-order valence-corrected chi connectivity index (χ2v) is 5.07. The van der Waals surface area contributed by atoms with Crippen LogP contribution in [0.2, 0.25) is 0 Å². The average Bonchev–Trinajstić information content (AvgIpc) is 2.93. The summed E-state index contributed by atoms with van der Waals surface area (Å²) in [6.45, 7) is 2.73. The molecule has 0 aliphatic carbocycles. The van der Waals surface area contributed by atoms with Crippen LogP contribution in [0.25, 0.3) is 0 Å². The van der Waals surface area contributed by atoms with Crippen LogP contribution in [0, 0.1) is 5.82 Å². The normalized spacial score (nSPS) is 19.1. The fraction of sp³-hybridized carbons (Fsp3) is 0.600. The minimum absolute atomic E-state index is 0.280. The minimum Gasteiger partial charge on any atom is -0.494 e. The van der Waals surface area contributed by atoms with E-state index in [1.54, 1.807) is 12.1 Å². The first-order valence-corrected chi connectivity index (χ1v) is 6.81. The van der Waals surface area contributed by atoms with Gasteiger partial charge in [0, 0.05) is 12.6 Å².